The summed E-state index contributed by atoms with van der Waals surface area (Å²) in [5.41, 5.74) is 0.605. The third-order valence-electron chi connectivity index (χ3n) is 2.16. The molecule has 4 nitrogen and oxygen atoms in total. The molecule has 0 unspecified atom stereocenters. The second-order valence-corrected chi connectivity index (χ2v) is 6.78. The van der Waals surface area contributed by atoms with Gasteiger partial charge in [-0.25, -0.2) is 0 Å². The fourth-order valence-electron chi connectivity index (χ4n) is 1.40. The van der Waals surface area contributed by atoms with E-state index < -0.39 is 10.0 Å². The van der Waals surface area contributed by atoms with E-state index in [1.165, 1.54) is 11.8 Å². The number of anilines is 1. The monoisotopic (exact) mass is 270 g/mol. The van der Waals surface area contributed by atoms with Crippen LogP contribution in [0.2, 0.25) is 0 Å². The van der Waals surface area contributed by atoms with E-state index in [4.69, 9.17) is 0 Å². The van der Waals surface area contributed by atoms with Crippen LogP contribution in [-0.2, 0) is 10.0 Å². The van der Waals surface area contributed by atoms with Crippen LogP contribution in [0, 0.1) is 5.92 Å². The lowest BCUT2D eigenvalue weighted by atomic mass is 10.3. The van der Waals surface area contributed by atoms with E-state index in [-0.39, 0.29) is 4.90 Å². The largest absolute Gasteiger partial charge is 0.333 e. The van der Waals surface area contributed by atoms with Crippen LogP contribution in [0.5, 0.6) is 0 Å². The first-order valence-electron chi connectivity index (χ1n) is 5.33. The second kappa shape index (κ2) is 4.70. The first-order valence-corrected chi connectivity index (χ1v) is 7.75. The SMILES string of the molecule is CC(C)CSC1=NS(=O)(=O)c2ccccc2N1. The molecular weight excluding hydrogens is 256 g/mol. The molecule has 1 aliphatic heterocycles. The molecule has 0 aromatic heterocycles. The van der Waals surface area contributed by atoms with Crippen LogP contribution in [-0.4, -0.2) is 19.3 Å². The lowest BCUT2D eigenvalue weighted by molar-refractivity contribution is 0.598. The normalized spacial score (nSPS) is 17.2. The molecule has 17 heavy (non-hydrogen) atoms. The average Bonchev–Trinajstić information content (AvgIpc) is 2.25. The zero-order chi connectivity index (χ0) is 12.5. The van der Waals surface area contributed by atoms with Gasteiger partial charge in [0.1, 0.15) is 4.90 Å². The summed E-state index contributed by atoms with van der Waals surface area (Å²) in [4.78, 5) is 0.244. The number of sulfonamides is 1. The van der Waals surface area contributed by atoms with E-state index >= 15 is 0 Å². The highest BCUT2D eigenvalue weighted by molar-refractivity contribution is 8.14. The van der Waals surface area contributed by atoms with Crippen molar-refractivity contribution in [2.75, 3.05) is 11.1 Å². The Kier molecular flexibility index (Phi) is 3.44. The number of para-hydroxylation sites is 1. The van der Waals surface area contributed by atoms with Crippen molar-refractivity contribution in [1.82, 2.24) is 0 Å². The van der Waals surface area contributed by atoms with Gasteiger partial charge < -0.3 is 5.32 Å². The van der Waals surface area contributed by atoms with Crippen molar-refractivity contribution in [2.24, 2.45) is 10.3 Å². The molecule has 0 fully saturated rings. The van der Waals surface area contributed by atoms with Crippen molar-refractivity contribution >= 4 is 32.6 Å². The van der Waals surface area contributed by atoms with Gasteiger partial charge in [0.25, 0.3) is 10.0 Å². The van der Waals surface area contributed by atoms with Crippen molar-refractivity contribution in [3.8, 4) is 0 Å². The van der Waals surface area contributed by atoms with Gasteiger partial charge in [-0.3, -0.25) is 0 Å². The zero-order valence-electron chi connectivity index (χ0n) is 9.67. The summed E-state index contributed by atoms with van der Waals surface area (Å²) in [7, 11) is -3.53. The summed E-state index contributed by atoms with van der Waals surface area (Å²) in [6.45, 7) is 4.16. The summed E-state index contributed by atoms with van der Waals surface area (Å²) in [5.74, 6) is 1.33. The first-order chi connectivity index (χ1) is 7.99. The molecule has 0 amide bonds. The Hall–Kier alpha value is -1.01. The van der Waals surface area contributed by atoms with Crippen molar-refractivity contribution in [2.45, 2.75) is 18.7 Å². The fraction of sp³-hybridized carbons (Fsp3) is 0.364. The Balaban J connectivity index is 2.29. The summed E-state index contributed by atoms with van der Waals surface area (Å²) < 4.78 is 27.5. The third kappa shape index (κ3) is 2.81. The van der Waals surface area contributed by atoms with E-state index in [1.807, 2.05) is 0 Å². The van der Waals surface area contributed by atoms with Crippen molar-refractivity contribution in [3.05, 3.63) is 24.3 Å². The molecule has 0 atom stereocenters. The summed E-state index contributed by atoms with van der Waals surface area (Å²) in [6, 6.07) is 6.81. The Morgan fingerprint density at radius 3 is 2.76 bits per heavy atom. The van der Waals surface area contributed by atoms with Crippen LogP contribution in [0.25, 0.3) is 0 Å². The van der Waals surface area contributed by atoms with Gasteiger partial charge in [-0.05, 0) is 18.1 Å². The van der Waals surface area contributed by atoms with E-state index in [0.29, 0.717) is 16.8 Å². The van der Waals surface area contributed by atoms with Gasteiger partial charge >= 0.3 is 0 Å². The molecule has 0 saturated heterocycles. The second-order valence-electron chi connectivity index (χ2n) is 4.20. The van der Waals surface area contributed by atoms with Crippen molar-refractivity contribution in [1.29, 1.82) is 0 Å². The minimum absolute atomic E-state index is 0.244. The van der Waals surface area contributed by atoms with Gasteiger partial charge in [-0.2, -0.15) is 8.42 Å². The van der Waals surface area contributed by atoms with Gasteiger partial charge in [0.2, 0.25) is 0 Å². The highest BCUT2D eigenvalue weighted by Crippen LogP contribution is 2.29. The van der Waals surface area contributed by atoms with E-state index in [9.17, 15) is 8.42 Å². The van der Waals surface area contributed by atoms with E-state index in [2.05, 4.69) is 23.6 Å². The van der Waals surface area contributed by atoms with Crippen LogP contribution in [0.3, 0.4) is 0 Å². The molecule has 1 aromatic carbocycles. The van der Waals surface area contributed by atoms with Crippen molar-refractivity contribution < 1.29 is 8.42 Å². The molecule has 0 spiro atoms. The first kappa shape index (κ1) is 12.4. The van der Waals surface area contributed by atoms with Crippen LogP contribution < -0.4 is 5.32 Å². The lowest BCUT2D eigenvalue weighted by Crippen LogP contribution is -2.19. The number of hydrogen-bond acceptors (Lipinski definition) is 4. The predicted molar refractivity (Wildman–Crippen MR) is 72.0 cm³/mol. The van der Waals surface area contributed by atoms with Crippen LogP contribution in [0.15, 0.2) is 33.6 Å². The number of nitrogens with one attached hydrogen (secondary N) is 1. The number of nitrogens with zero attached hydrogens (tertiary/aromatic N) is 1. The predicted octanol–water partition coefficient (Wildman–Crippen LogP) is 2.55. The van der Waals surface area contributed by atoms with Gasteiger partial charge in [0.15, 0.2) is 5.17 Å². The number of hydrogen-bond donors (Lipinski definition) is 1. The molecule has 2 rings (SSSR count). The molecule has 1 aliphatic rings. The summed E-state index contributed by atoms with van der Waals surface area (Å²) >= 11 is 1.43. The molecular formula is C11H14N2O2S2. The maximum atomic E-state index is 11.9. The Labute approximate surface area is 106 Å². The molecule has 1 aromatic rings. The van der Waals surface area contributed by atoms with E-state index in [0.717, 1.165) is 5.75 Å². The maximum Gasteiger partial charge on any atom is 0.286 e. The fourth-order valence-corrected chi connectivity index (χ4v) is 3.59. The smallest absolute Gasteiger partial charge is 0.286 e. The van der Waals surface area contributed by atoms with E-state index in [1.54, 1.807) is 24.3 Å². The molecule has 92 valence electrons. The molecule has 0 saturated carbocycles. The van der Waals surface area contributed by atoms with Gasteiger partial charge in [-0.15, -0.1) is 4.40 Å². The van der Waals surface area contributed by atoms with Gasteiger partial charge in [0, 0.05) is 5.75 Å². The number of benzene rings is 1. The average molecular weight is 270 g/mol. The summed E-state index contributed by atoms with van der Waals surface area (Å²) in [6.07, 6.45) is 0. The number of fused-ring (bicyclic) bond motifs is 1. The van der Waals surface area contributed by atoms with Crippen LogP contribution >= 0.6 is 11.8 Å². The minimum Gasteiger partial charge on any atom is -0.333 e. The van der Waals surface area contributed by atoms with Gasteiger partial charge in [0.05, 0.1) is 5.69 Å². The van der Waals surface area contributed by atoms with Crippen molar-refractivity contribution in [3.63, 3.8) is 0 Å². The molecule has 1 N–H and O–H groups in total. The standard InChI is InChI=1S/C11H14N2O2S2/c1-8(2)7-16-11-12-9-5-3-4-6-10(9)17(14,15)13-11/h3-6,8H,7H2,1-2H3,(H,12,13). The molecule has 6 heteroatoms. The number of amidine groups is 1. The molecule has 0 aliphatic carbocycles. The molecule has 1 heterocycles. The Morgan fingerprint density at radius 2 is 2.06 bits per heavy atom. The number of thioether (sulfide) groups is 1. The minimum atomic E-state index is -3.53. The summed E-state index contributed by atoms with van der Waals surface area (Å²) in [5, 5.41) is 3.50. The van der Waals surface area contributed by atoms with Crippen LogP contribution in [0.1, 0.15) is 13.8 Å². The molecule has 0 bridgehead atoms. The Bertz CT molecular complexity index is 550. The zero-order valence-corrected chi connectivity index (χ0v) is 11.3. The quantitative estimate of drug-likeness (QED) is 0.897. The highest BCUT2D eigenvalue weighted by atomic mass is 32.2. The third-order valence-corrected chi connectivity index (χ3v) is 4.91. The topological polar surface area (TPSA) is 58.5 Å². The Morgan fingerprint density at radius 1 is 1.35 bits per heavy atom. The number of rotatable bonds is 2. The lowest BCUT2D eigenvalue weighted by Gasteiger charge is -2.17. The molecule has 0 radical (unpaired) electrons. The maximum absolute atomic E-state index is 11.9. The highest BCUT2D eigenvalue weighted by Gasteiger charge is 2.24. The van der Waals surface area contributed by atoms with Crippen LogP contribution in [0.4, 0.5) is 5.69 Å². The van der Waals surface area contributed by atoms with Gasteiger partial charge in [-0.1, -0.05) is 37.7 Å².